The zero-order valence-electron chi connectivity index (χ0n) is 12.5. The summed E-state index contributed by atoms with van der Waals surface area (Å²) in [7, 11) is 0. The molecule has 0 fully saturated rings. The number of carbonyl (C=O) groups is 1. The number of hydrogen-bond acceptors (Lipinski definition) is 4. The Morgan fingerprint density at radius 1 is 1.29 bits per heavy atom. The van der Waals surface area contributed by atoms with E-state index in [1.165, 1.54) is 17.6 Å². The highest BCUT2D eigenvalue weighted by Crippen LogP contribution is 2.29. The predicted molar refractivity (Wildman–Crippen MR) is 84.2 cm³/mol. The molecule has 1 aromatic carbocycles. The number of ketones is 1. The van der Waals surface area contributed by atoms with Crippen molar-refractivity contribution in [2.45, 2.75) is 40.2 Å². The molecule has 0 spiro atoms. The van der Waals surface area contributed by atoms with E-state index in [0.717, 1.165) is 0 Å². The summed E-state index contributed by atoms with van der Waals surface area (Å²) in [5.74, 6) is -0.859. The van der Waals surface area contributed by atoms with Crippen LogP contribution in [0.15, 0.2) is 24.5 Å². The van der Waals surface area contributed by atoms with E-state index in [4.69, 9.17) is 4.42 Å². The summed E-state index contributed by atoms with van der Waals surface area (Å²) in [6.07, 6.45) is 0. The molecule has 0 atom stereocenters. The minimum atomic E-state index is -0.722. The lowest BCUT2D eigenvalue weighted by atomic mass is 10.00. The summed E-state index contributed by atoms with van der Waals surface area (Å²) in [4.78, 5) is 35.9. The summed E-state index contributed by atoms with van der Waals surface area (Å²) in [5.41, 5.74) is 0.211. The molecule has 5 nitrogen and oxygen atoms in total. The molecule has 0 unspecified atom stereocenters. The second-order valence-corrected chi connectivity index (χ2v) is 6.83. The van der Waals surface area contributed by atoms with E-state index in [2.05, 4.69) is 15.9 Å². The molecule has 0 bridgehead atoms. The molecule has 0 saturated heterocycles. The van der Waals surface area contributed by atoms with Crippen molar-refractivity contribution < 1.29 is 9.21 Å². The molecule has 0 aliphatic carbocycles. The molecule has 0 aliphatic rings. The fourth-order valence-electron chi connectivity index (χ4n) is 2.52. The van der Waals surface area contributed by atoms with E-state index >= 15 is 0 Å². The Morgan fingerprint density at radius 2 is 1.86 bits per heavy atom. The topological polar surface area (TPSA) is 69.3 Å². The van der Waals surface area contributed by atoms with Gasteiger partial charge in [-0.25, -0.2) is 9.59 Å². The van der Waals surface area contributed by atoms with Crippen LogP contribution in [0.4, 0.5) is 0 Å². The maximum Gasteiger partial charge on any atom is 0.422 e. The molecule has 1 heterocycles. The number of benzene rings is 1. The lowest BCUT2D eigenvalue weighted by Gasteiger charge is -2.24. The van der Waals surface area contributed by atoms with Gasteiger partial charge in [0.05, 0.1) is 10.9 Å². The average Bonchev–Trinajstić information content (AvgIpc) is 2.28. The molecule has 2 aromatic rings. The van der Waals surface area contributed by atoms with Crippen LogP contribution in [0.5, 0.6) is 0 Å². The van der Waals surface area contributed by atoms with Gasteiger partial charge in [0.15, 0.2) is 5.78 Å². The number of carbonyl (C=O) groups excluding carboxylic acids is 1. The zero-order valence-corrected chi connectivity index (χ0v) is 14.1. The van der Waals surface area contributed by atoms with Crippen LogP contribution < -0.4 is 11.4 Å². The molecular weight excluding hydrogens is 338 g/mol. The second kappa shape index (κ2) is 4.94. The van der Waals surface area contributed by atoms with Crippen molar-refractivity contribution in [2.24, 2.45) is 0 Å². The first-order valence-corrected chi connectivity index (χ1v) is 7.25. The number of rotatable bonds is 1. The Balaban J connectivity index is 3.21. The van der Waals surface area contributed by atoms with Crippen molar-refractivity contribution in [3.8, 4) is 0 Å². The SMILES string of the molecule is CC(=O)c1c(Br)cc2c(=O)oc(=O)n(C(C)(C)C)c2c1C. The smallest absolute Gasteiger partial charge is 0.372 e. The second-order valence-electron chi connectivity index (χ2n) is 5.97. The Bertz CT molecular complexity index is 868. The highest BCUT2D eigenvalue weighted by molar-refractivity contribution is 9.10. The number of Topliss-reactive ketones (excluding diaryl/α,β-unsaturated/α-hetero) is 1. The highest BCUT2D eigenvalue weighted by atomic mass is 79.9. The maximum atomic E-state index is 12.1. The van der Waals surface area contributed by atoms with E-state index in [1.54, 1.807) is 6.92 Å². The van der Waals surface area contributed by atoms with Crippen molar-refractivity contribution in [1.82, 2.24) is 4.57 Å². The zero-order chi connectivity index (χ0) is 16.1. The minimum absolute atomic E-state index is 0.137. The Morgan fingerprint density at radius 3 is 2.33 bits per heavy atom. The Hall–Kier alpha value is -1.69. The number of halogens is 1. The number of nitrogens with zero attached hydrogens (tertiary/aromatic N) is 1. The van der Waals surface area contributed by atoms with Gasteiger partial charge in [0.25, 0.3) is 0 Å². The summed E-state index contributed by atoms with van der Waals surface area (Å²) >= 11 is 3.31. The lowest BCUT2D eigenvalue weighted by molar-refractivity contribution is 0.101. The third kappa shape index (κ3) is 2.48. The van der Waals surface area contributed by atoms with Gasteiger partial charge in [0.1, 0.15) is 0 Å². The minimum Gasteiger partial charge on any atom is -0.372 e. The molecule has 0 radical (unpaired) electrons. The van der Waals surface area contributed by atoms with Crippen molar-refractivity contribution >= 4 is 32.6 Å². The molecular formula is C15H16BrNO4. The van der Waals surface area contributed by atoms with Crippen molar-refractivity contribution in [3.05, 3.63) is 42.6 Å². The Kier molecular flexibility index (Phi) is 3.70. The fourth-order valence-corrected chi connectivity index (χ4v) is 3.33. The van der Waals surface area contributed by atoms with E-state index in [0.29, 0.717) is 21.1 Å². The fraction of sp³-hybridized carbons (Fsp3) is 0.400. The van der Waals surface area contributed by atoms with Crippen LogP contribution in [-0.4, -0.2) is 10.4 Å². The Labute approximate surface area is 129 Å². The van der Waals surface area contributed by atoms with Gasteiger partial charge in [0, 0.05) is 15.6 Å². The molecule has 0 N–H and O–H groups in total. The van der Waals surface area contributed by atoms with E-state index in [1.807, 2.05) is 20.8 Å². The average molecular weight is 354 g/mol. The summed E-state index contributed by atoms with van der Waals surface area (Å²) in [5, 5.41) is 0.277. The van der Waals surface area contributed by atoms with Gasteiger partial charge < -0.3 is 4.42 Å². The molecule has 6 heteroatoms. The highest BCUT2D eigenvalue weighted by Gasteiger charge is 2.24. The van der Waals surface area contributed by atoms with Gasteiger partial charge in [-0.2, -0.15) is 0 Å². The molecule has 21 heavy (non-hydrogen) atoms. The van der Waals surface area contributed by atoms with Gasteiger partial charge in [-0.15, -0.1) is 0 Å². The van der Waals surface area contributed by atoms with Crippen LogP contribution in [0.1, 0.15) is 43.6 Å². The van der Waals surface area contributed by atoms with Gasteiger partial charge in [-0.3, -0.25) is 9.36 Å². The molecule has 112 valence electrons. The maximum absolute atomic E-state index is 12.1. The number of fused-ring (bicyclic) bond motifs is 1. The van der Waals surface area contributed by atoms with Crippen LogP contribution in [-0.2, 0) is 5.54 Å². The summed E-state index contributed by atoms with van der Waals surface area (Å²) < 4.78 is 6.74. The lowest BCUT2D eigenvalue weighted by Crippen LogP contribution is -2.36. The van der Waals surface area contributed by atoms with Crippen molar-refractivity contribution in [3.63, 3.8) is 0 Å². The molecule has 2 rings (SSSR count). The van der Waals surface area contributed by atoms with Crippen molar-refractivity contribution in [1.29, 1.82) is 0 Å². The number of aryl methyl sites for hydroxylation is 1. The van der Waals surface area contributed by atoms with Gasteiger partial charge >= 0.3 is 11.4 Å². The van der Waals surface area contributed by atoms with Crippen molar-refractivity contribution in [2.75, 3.05) is 0 Å². The van der Waals surface area contributed by atoms with E-state index in [-0.39, 0.29) is 11.2 Å². The third-order valence-corrected chi connectivity index (χ3v) is 3.95. The summed E-state index contributed by atoms with van der Waals surface area (Å²) in [6, 6.07) is 1.53. The molecule has 0 amide bonds. The molecule has 1 aromatic heterocycles. The predicted octanol–water partition coefficient (Wildman–Crippen LogP) is 2.98. The van der Waals surface area contributed by atoms with Crippen LogP contribution >= 0.6 is 15.9 Å². The quantitative estimate of drug-likeness (QED) is 0.739. The number of aromatic nitrogens is 1. The molecule has 0 saturated carbocycles. The van der Waals surface area contributed by atoms with E-state index < -0.39 is 16.9 Å². The van der Waals surface area contributed by atoms with Crippen LogP contribution in [0.2, 0.25) is 0 Å². The monoisotopic (exact) mass is 353 g/mol. The standard InChI is InChI=1S/C15H16BrNO4/c1-7-11(8(2)18)10(16)6-9-12(7)17(15(3,4)5)14(20)21-13(9)19/h6H,1-5H3. The summed E-state index contributed by atoms with van der Waals surface area (Å²) in [6.45, 7) is 8.68. The van der Waals surface area contributed by atoms with Gasteiger partial charge in [0.2, 0.25) is 0 Å². The van der Waals surface area contributed by atoms with Crippen LogP contribution in [0, 0.1) is 6.92 Å². The van der Waals surface area contributed by atoms with E-state index in [9.17, 15) is 14.4 Å². The van der Waals surface area contributed by atoms with Gasteiger partial charge in [-0.1, -0.05) is 15.9 Å². The first-order valence-electron chi connectivity index (χ1n) is 6.46. The first-order chi connectivity index (χ1) is 9.55. The molecule has 0 aliphatic heterocycles. The number of hydrogen-bond donors (Lipinski definition) is 0. The third-order valence-electron chi connectivity index (χ3n) is 3.32. The normalized spacial score (nSPS) is 11.9. The van der Waals surface area contributed by atoms with Crippen LogP contribution in [0.3, 0.4) is 0 Å². The largest absolute Gasteiger partial charge is 0.422 e. The first kappa shape index (κ1) is 15.7. The van der Waals surface area contributed by atoms with Gasteiger partial charge in [-0.05, 0) is 46.2 Å². The van der Waals surface area contributed by atoms with Crippen LogP contribution in [0.25, 0.3) is 10.9 Å².